The highest BCUT2D eigenvalue weighted by atomic mass is 32.2. The molecule has 2 fully saturated rings. The maximum absolute atomic E-state index is 14.1. The summed E-state index contributed by atoms with van der Waals surface area (Å²) in [4.78, 5) is -0.199. The molecule has 1 saturated heterocycles. The van der Waals surface area contributed by atoms with E-state index < -0.39 is 15.8 Å². The summed E-state index contributed by atoms with van der Waals surface area (Å²) in [7, 11) is -3.67. The van der Waals surface area contributed by atoms with E-state index in [9.17, 15) is 12.8 Å². The first-order valence-corrected chi connectivity index (χ1v) is 8.53. The van der Waals surface area contributed by atoms with Crippen molar-refractivity contribution in [2.45, 2.75) is 43.2 Å². The van der Waals surface area contributed by atoms with Gasteiger partial charge in [-0.3, -0.25) is 0 Å². The molecule has 0 aromatic heterocycles. The lowest BCUT2D eigenvalue weighted by Gasteiger charge is -2.16. The van der Waals surface area contributed by atoms with Gasteiger partial charge in [-0.25, -0.2) is 12.8 Å². The monoisotopic (exact) mass is 298 g/mol. The number of nitrogens with one attached hydrogen (secondary N) is 1. The Hall–Kier alpha value is -0.980. The minimum absolute atomic E-state index is 0.199. The summed E-state index contributed by atoms with van der Waals surface area (Å²) in [5, 5.41) is 3.29. The van der Waals surface area contributed by atoms with Crippen molar-refractivity contribution in [2.75, 3.05) is 13.1 Å². The van der Waals surface area contributed by atoms with E-state index in [0.29, 0.717) is 25.7 Å². The number of nitrogens with zero attached hydrogens (tertiary/aromatic N) is 1. The lowest BCUT2D eigenvalue weighted by atomic mass is 10.2. The predicted molar refractivity (Wildman–Crippen MR) is 74.3 cm³/mol. The smallest absolute Gasteiger partial charge is 0.245 e. The molecule has 0 unspecified atom stereocenters. The third-order valence-electron chi connectivity index (χ3n) is 3.85. The molecule has 6 heteroatoms. The Morgan fingerprint density at radius 1 is 1.25 bits per heavy atom. The minimum atomic E-state index is -3.67. The third kappa shape index (κ3) is 2.87. The van der Waals surface area contributed by atoms with Crippen LogP contribution < -0.4 is 5.32 Å². The third-order valence-corrected chi connectivity index (χ3v) is 5.78. The van der Waals surface area contributed by atoms with Crippen molar-refractivity contribution in [1.29, 1.82) is 0 Å². The van der Waals surface area contributed by atoms with Crippen LogP contribution in [-0.2, 0) is 16.6 Å². The zero-order valence-corrected chi connectivity index (χ0v) is 12.1. The summed E-state index contributed by atoms with van der Waals surface area (Å²) in [6.07, 6.45) is 4.04. The number of hydrogen-bond acceptors (Lipinski definition) is 3. The lowest BCUT2D eigenvalue weighted by molar-refractivity contribution is 0.469. The van der Waals surface area contributed by atoms with Crippen molar-refractivity contribution in [3.8, 4) is 0 Å². The second-order valence-corrected chi connectivity index (χ2v) is 7.44. The van der Waals surface area contributed by atoms with Crippen LogP contribution in [0.5, 0.6) is 0 Å². The summed E-state index contributed by atoms with van der Waals surface area (Å²) in [6, 6.07) is 4.97. The predicted octanol–water partition coefficient (Wildman–Crippen LogP) is 1.86. The summed E-state index contributed by atoms with van der Waals surface area (Å²) < 4.78 is 40.1. The van der Waals surface area contributed by atoms with Crippen molar-refractivity contribution in [1.82, 2.24) is 9.62 Å². The van der Waals surface area contributed by atoms with Crippen LogP contribution in [0, 0.1) is 5.82 Å². The molecule has 1 aliphatic heterocycles. The van der Waals surface area contributed by atoms with Gasteiger partial charge in [0, 0.05) is 25.7 Å². The normalized spacial score (nSPS) is 20.4. The number of benzene rings is 1. The van der Waals surface area contributed by atoms with Crippen molar-refractivity contribution < 1.29 is 12.8 Å². The molecule has 0 amide bonds. The molecule has 1 aliphatic carbocycles. The van der Waals surface area contributed by atoms with Gasteiger partial charge in [-0.1, -0.05) is 6.07 Å². The molecule has 20 heavy (non-hydrogen) atoms. The second kappa shape index (κ2) is 5.42. The van der Waals surface area contributed by atoms with Gasteiger partial charge in [0.1, 0.15) is 10.7 Å². The largest absolute Gasteiger partial charge is 0.310 e. The van der Waals surface area contributed by atoms with Gasteiger partial charge in [0.05, 0.1) is 0 Å². The highest BCUT2D eigenvalue weighted by Crippen LogP contribution is 2.24. The average Bonchev–Trinajstić information content (AvgIpc) is 3.06. The van der Waals surface area contributed by atoms with Crippen molar-refractivity contribution in [3.63, 3.8) is 0 Å². The molecule has 0 bridgehead atoms. The van der Waals surface area contributed by atoms with Crippen LogP contribution >= 0.6 is 0 Å². The van der Waals surface area contributed by atoms with Crippen LogP contribution in [0.15, 0.2) is 23.1 Å². The first-order valence-electron chi connectivity index (χ1n) is 7.09. The summed E-state index contributed by atoms with van der Waals surface area (Å²) in [6.45, 7) is 1.57. The lowest BCUT2D eigenvalue weighted by Crippen LogP contribution is -2.28. The zero-order valence-electron chi connectivity index (χ0n) is 11.3. The number of rotatable bonds is 5. The van der Waals surface area contributed by atoms with E-state index >= 15 is 0 Å². The van der Waals surface area contributed by atoms with Crippen LogP contribution in [-0.4, -0.2) is 31.9 Å². The van der Waals surface area contributed by atoms with Crippen molar-refractivity contribution >= 4 is 10.0 Å². The quantitative estimate of drug-likeness (QED) is 0.903. The van der Waals surface area contributed by atoms with E-state index in [-0.39, 0.29) is 4.90 Å². The summed E-state index contributed by atoms with van der Waals surface area (Å²) in [5.41, 5.74) is 0.787. The van der Waals surface area contributed by atoms with E-state index in [1.807, 2.05) is 0 Å². The van der Waals surface area contributed by atoms with Crippen LogP contribution in [0.1, 0.15) is 31.2 Å². The Kier molecular flexibility index (Phi) is 3.79. The van der Waals surface area contributed by atoms with Crippen LogP contribution in [0.2, 0.25) is 0 Å². The molecular formula is C14H19FN2O2S. The molecule has 2 aliphatic rings. The molecule has 110 valence electrons. The Labute approximate surface area is 119 Å². The van der Waals surface area contributed by atoms with Gasteiger partial charge in [0.25, 0.3) is 0 Å². The highest BCUT2D eigenvalue weighted by molar-refractivity contribution is 7.89. The zero-order chi connectivity index (χ0) is 14.2. The molecule has 0 spiro atoms. The van der Waals surface area contributed by atoms with E-state index in [1.54, 1.807) is 6.07 Å². The Morgan fingerprint density at radius 3 is 2.55 bits per heavy atom. The molecule has 0 radical (unpaired) electrons. The Balaban J connectivity index is 1.78. The molecule has 1 saturated carbocycles. The van der Waals surface area contributed by atoms with Gasteiger partial charge < -0.3 is 5.32 Å². The van der Waals surface area contributed by atoms with Crippen molar-refractivity contribution in [2.24, 2.45) is 0 Å². The van der Waals surface area contributed by atoms with Gasteiger partial charge >= 0.3 is 0 Å². The maximum Gasteiger partial charge on any atom is 0.245 e. The van der Waals surface area contributed by atoms with E-state index in [4.69, 9.17) is 0 Å². The number of halogens is 1. The molecule has 1 heterocycles. The SMILES string of the molecule is O=S(=O)(c1ccc(CNC2CC2)cc1F)N1CCCC1. The molecule has 1 aromatic carbocycles. The number of sulfonamides is 1. The van der Waals surface area contributed by atoms with Gasteiger partial charge in [-0.05, 0) is 43.4 Å². The molecule has 4 nitrogen and oxygen atoms in total. The summed E-state index contributed by atoms with van der Waals surface area (Å²) >= 11 is 0. The minimum Gasteiger partial charge on any atom is -0.310 e. The molecule has 1 N–H and O–H groups in total. The molecule has 3 rings (SSSR count). The van der Waals surface area contributed by atoms with Crippen molar-refractivity contribution in [3.05, 3.63) is 29.6 Å². The standard InChI is InChI=1S/C14H19FN2O2S/c15-13-9-11(10-16-12-4-5-12)3-6-14(13)20(18,19)17-7-1-2-8-17/h3,6,9,12,16H,1-2,4-5,7-8,10H2. The molecule has 1 aromatic rings. The van der Waals surface area contributed by atoms with E-state index in [2.05, 4.69) is 5.32 Å². The van der Waals surface area contributed by atoms with Gasteiger partial charge in [-0.15, -0.1) is 0 Å². The van der Waals surface area contributed by atoms with Gasteiger partial charge in [0.15, 0.2) is 0 Å². The number of hydrogen-bond donors (Lipinski definition) is 1. The van der Waals surface area contributed by atoms with E-state index in [1.165, 1.54) is 29.3 Å². The average molecular weight is 298 g/mol. The van der Waals surface area contributed by atoms with Crippen LogP contribution in [0.4, 0.5) is 4.39 Å². The second-order valence-electron chi connectivity index (χ2n) is 5.53. The highest BCUT2D eigenvalue weighted by Gasteiger charge is 2.29. The van der Waals surface area contributed by atoms with Gasteiger partial charge in [-0.2, -0.15) is 4.31 Å². The Bertz CT molecular complexity index is 593. The first kappa shape index (κ1) is 14.0. The maximum atomic E-state index is 14.1. The fraction of sp³-hybridized carbons (Fsp3) is 0.571. The van der Waals surface area contributed by atoms with Crippen LogP contribution in [0.3, 0.4) is 0 Å². The fourth-order valence-corrected chi connectivity index (χ4v) is 4.04. The van der Waals surface area contributed by atoms with Gasteiger partial charge in [0.2, 0.25) is 10.0 Å². The molecular weight excluding hydrogens is 279 g/mol. The summed E-state index contributed by atoms with van der Waals surface area (Å²) in [5.74, 6) is -0.646. The fourth-order valence-electron chi connectivity index (χ4n) is 2.48. The molecule has 0 atom stereocenters. The first-order chi connectivity index (χ1) is 9.57. The van der Waals surface area contributed by atoms with E-state index in [0.717, 1.165) is 18.4 Å². The Morgan fingerprint density at radius 2 is 1.95 bits per heavy atom. The topological polar surface area (TPSA) is 49.4 Å². The van der Waals surface area contributed by atoms with Crippen LogP contribution in [0.25, 0.3) is 0 Å².